The van der Waals surface area contributed by atoms with Crippen molar-refractivity contribution in [1.82, 2.24) is 20.0 Å². The van der Waals surface area contributed by atoms with Crippen molar-refractivity contribution in [2.75, 3.05) is 19.7 Å². The monoisotopic (exact) mass is 370 g/mol. The van der Waals surface area contributed by atoms with Crippen molar-refractivity contribution in [3.63, 3.8) is 0 Å². The van der Waals surface area contributed by atoms with Crippen LogP contribution >= 0.6 is 0 Å². The molecule has 6 heteroatoms. The molecule has 1 amide bonds. The summed E-state index contributed by atoms with van der Waals surface area (Å²) in [6.07, 6.45) is 1.20. The average molecular weight is 370 g/mol. The van der Waals surface area contributed by atoms with Crippen LogP contribution in [-0.4, -0.2) is 51.4 Å². The molecule has 0 aliphatic carbocycles. The Kier molecular flexibility index (Phi) is 6.29. The van der Waals surface area contributed by atoms with E-state index in [2.05, 4.69) is 27.4 Å². The van der Waals surface area contributed by atoms with E-state index in [4.69, 9.17) is 0 Å². The van der Waals surface area contributed by atoms with Gasteiger partial charge in [-0.3, -0.25) is 14.4 Å². The molecule has 1 saturated heterocycles. The predicted molar refractivity (Wildman–Crippen MR) is 105 cm³/mol. The number of carbonyl (C=O) groups excluding carboxylic acids is 1. The summed E-state index contributed by atoms with van der Waals surface area (Å²) in [5.74, 6) is 0.0664. The second-order valence-electron chi connectivity index (χ2n) is 7.58. The molecule has 0 radical (unpaired) electrons. The van der Waals surface area contributed by atoms with E-state index in [9.17, 15) is 9.90 Å². The van der Waals surface area contributed by atoms with Crippen LogP contribution in [0.1, 0.15) is 28.9 Å². The quantitative estimate of drug-likeness (QED) is 0.810. The summed E-state index contributed by atoms with van der Waals surface area (Å²) in [5.41, 5.74) is 4.21. The summed E-state index contributed by atoms with van der Waals surface area (Å²) >= 11 is 0. The Morgan fingerprint density at radius 3 is 2.67 bits per heavy atom. The van der Waals surface area contributed by atoms with Gasteiger partial charge in [-0.2, -0.15) is 5.10 Å². The van der Waals surface area contributed by atoms with Gasteiger partial charge in [-0.1, -0.05) is 30.3 Å². The molecule has 2 aromatic rings. The third-order valence-electron chi connectivity index (χ3n) is 5.64. The first-order valence-corrected chi connectivity index (χ1v) is 9.63. The van der Waals surface area contributed by atoms with Crippen LogP contribution in [0.2, 0.25) is 0 Å². The van der Waals surface area contributed by atoms with Crippen molar-refractivity contribution in [3.05, 3.63) is 52.8 Å². The van der Waals surface area contributed by atoms with Gasteiger partial charge in [-0.15, -0.1) is 0 Å². The highest BCUT2D eigenvalue weighted by molar-refractivity contribution is 5.79. The lowest BCUT2D eigenvalue weighted by molar-refractivity contribution is -0.122. The molecular weight excluding hydrogens is 340 g/mol. The normalized spacial score (nSPS) is 20.6. The minimum absolute atomic E-state index is 0.00848. The molecule has 6 nitrogen and oxygen atoms in total. The molecule has 27 heavy (non-hydrogen) atoms. The number of amides is 1. The second kappa shape index (κ2) is 8.67. The molecule has 1 aromatic heterocycles. The fraction of sp³-hybridized carbons (Fsp3) is 0.524. The Morgan fingerprint density at radius 2 is 2.04 bits per heavy atom. The van der Waals surface area contributed by atoms with Crippen LogP contribution in [0.25, 0.3) is 0 Å². The minimum atomic E-state index is 0.00848. The number of piperidine rings is 1. The van der Waals surface area contributed by atoms with Gasteiger partial charge in [-0.25, -0.2) is 0 Å². The highest BCUT2D eigenvalue weighted by Gasteiger charge is 2.30. The number of nitrogens with zero attached hydrogens (tertiary/aromatic N) is 3. The van der Waals surface area contributed by atoms with Gasteiger partial charge in [0.15, 0.2) is 0 Å². The van der Waals surface area contributed by atoms with Gasteiger partial charge in [0.05, 0.1) is 12.1 Å². The maximum atomic E-state index is 12.6. The SMILES string of the molecule is Cc1nn(C)c(C)c1CC(=O)NC1CCN(Cc2ccccc2)CC1CO. The number of rotatable bonds is 6. The maximum Gasteiger partial charge on any atom is 0.224 e. The van der Waals surface area contributed by atoms with Gasteiger partial charge in [0, 0.05) is 56.5 Å². The molecule has 1 aliphatic heterocycles. The van der Waals surface area contributed by atoms with Crippen molar-refractivity contribution in [2.24, 2.45) is 13.0 Å². The van der Waals surface area contributed by atoms with Crippen molar-refractivity contribution >= 4 is 5.91 Å². The smallest absolute Gasteiger partial charge is 0.224 e. The summed E-state index contributed by atoms with van der Waals surface area (Å²) < 4.78 is 1.82. The van der Waals surface area contributed by atoms with E-state index >= 15 is 0 Å². The topological polar surface area (TPSA) is 70.4 Å². The van der Waals surface area contributed by atoms with Crippen LogP contribution in [0.4, 0.5) is 0 Å². The molecular formula is C21H30N4O2. The zero-order valence-electron chi connectivity index (χ0n) is 16.5. The van der Waals surface area contributed by atoms with Crippen LogP contribution < -0.4 is 5.32 Å². The molecule has 0 spiro atoms. The molecule has 1 aliphatic rings. The number of carbonyl (C=O) groups is 1. The first-order valence-electron chi connectivity index (χ1n) is 9.63. The maximum absolute atomic E-state index is 12.6. The lowest BCUT2D eigenvalue weighted by atomic mass is 9.92. The Labute approximate surface area is 161 Å². The molecule has 0 bridgehead atoms. The van der Waals surface area contributed by atoms with E-state index in [1.807, 2.05) is 43.8 Å². The second-order valence-corrected chi connectivity index (χ2v) is 7.58. The Balaban J connectivity index is 1.56. The number of hydrogen-bond donors (Lipinski definition) is 2. The van der Waals surface area contributed by atoms with Crippen molar-refractivity contribution in [1.29, 1.82) is 0 Å². The number of aryl methyl sites for hydroxylation is 2. The molecule has 2 heterocycles. The van der Waals surface area contributed by atoms with Gasteiger partial charge in [0.2, 0.25) is 5.91 Å². The van der Waals surface area contributed by atoms with Crippen molar-refractivity contribution in [3.8, 4) is 0 Å². The first kappa shape index (κ1) is 19.6. The summed E-state index contributed by atoms with van der Waals surface area (Å²) in [6, 6.07) is 10.4. The fourth-order valence-electron chi connectivity index (χ4n) is 3.96. The van der Waals surface area contributed by atoms with E-state index in [0.717, 1.165) is 43.0 Å². The highest BCUT2D eigenvalue weighted by atomic mass is 16.3. The summed E-state index contributed by atoms with van der Waals surface area (Å²) in [6.45, 7) is 6.60. The van der Waals surface area contributed by atoms with Gasteiger partial charge in [0.1, 0.15) is 0 Å². The van der Waals surface area contributed by atoms with Crippen molar-refractivity contribution < 1.29 is 9.90 Å². The summed E-state index contributed by atoms with van der Waals surface area (Å²) in [4.78, 5) is 14.9. The van der Waals surface area contributed by atoms with Crippen LogP contribution in [0.15, 0.2) is 30.3 Å². The zero-order chi connectivity index (χ0) is 19.4. The van der Waals surface area contributed by atoms with Crippen LogP contribution in [0.3, 0.4) is 0 Å². The molecule has 2 N–H and O–H groups in total. The van der Waals surface area contributed by atoms with Gasteiger partial charge in [-0.05, 0) is 25.8 Å². The Bertz CT molecular complexity index is 772. The largest absolute Gasteiger partial charge is 0.396 e. The Hall–Kier alpha value is -2.18. The van der Waals surface area contributed by atoms with Gasteiger partial charge >= 0.3 is 0 Å². The molecule has 2 unspecified atom stereocenters. The number of hydrogen-bond acceptors (Lipinski definition) is 4. The van der Waals surface area contributed by atoms with E-state index in [1.54, 1.807) is 0 Å². The number of nitrogens with one attached hydrogen (secondary N) is 1. The first-order chi connectivity index (χ1) is 13.0. The highest BCUT2D eigenvalue weighted by Crippen LogP contribution is 2.20. The fourth-order valence-corrected chi connectivity index (χ4v) is 3.96. The Morgan fingerprint density at radius 1 is 1.30 bits per heavy atom. The average Bonchev–Trinajstić information content (AvgIpc) is 2.90. The molecule has 2 atom stereocenters. The number of aromatic nitrogens is 2. The summed E-state index contributed by atoms with van der Waals surface area (Å²) in [5, 5.41) is 17.4. The summed E-state index contributed by atoms with van der Waals surface area (Å²) in [7, 11) is 1.90. The molecule has 1 fully saturated rings. The van der Waals surface area contributed by atoms with Crippen LogP contribution in [-0.2, 0) is 24.8 Å². The number of aliphatic hydroxyl groups excluding tert-OH is 1. The molecule has 146 valence electrons. The zero-order valence-corrected chi connectivity index (χ0v) is 16.5. The third-order valence-corrected chi connectivity index (χ3v) is 5.64. The molecule has 0 saturated carbocycles. The number of aliphatic hydroxyl groups is 1. The molecule has 3 rings (SSSR count). The predicted octanol–water partition coefficient (Wildman–Crippen LogP) is 1.58. The molecule has 1 aromatic carbocycles. The van der Waals surface area contributed by atoms with E-state index in [1.165, 1.54) is 5.56 Å². The number of benzene rings is 1. The number of likely N-dealkylation sites (tertiary alicyclic amines) is 1. The van der Waals surface area contributed by atoms with E-state index < -0.39 is 0 Å². The standard InChI is InChI=1S/C21H30N4O2/c1-15-19(16(2)24(3)23-15)11-21(27)22-20-9-10-25(13-18(20)14-26)12-17-7-5-4-6-8-17/h4-8,18,20,26H,9-14H2,1-3H3,(H,22,27). The van der Waals surface area contributed by atoms with Crippen molar-refractivity contribution in [2.45, 2.75) is 39.3 Å². The van der Waals surface area contributed by atoms with E-state index in [0.29, 0.717) is 6.42 Å². The minimum Gasteiger partial charge on any atom is -0.396 e. The third kappa shape index (κ3) is 4.76. The lowest BCUT2D eigenvalue weighted by Crippen LogP contribution is -2.52. The van der Waals surface area contributed by atoms with E-state index in [-0.39, 0.29) is 24.5 Å². The van der Waals surface area contributed by atoms with Crippen LogP contribution in [0.5, 0.6) is 0 Å². The van der Waals surface area contributed by atoms with Crippen LogP contribution in [0, 0.1) is 19.8 Å². The van der Waals surface area contributed by atoms with Gasteiger partial charge in [0.25, 0.3) is 0 Å². The lowest BCUT2D eigenvalue weighted by Gasteiger charge is -2.38. The van der Waals surface area contributed by atoms with Gasteiger partial charge < -0.3 is 10.4 Å².